The predicted octanol–water partition coefficient (Wildman–Crippen LogP) is 4.39. The van der Waals surface area contributed by atoms with Crippen LogP contribution in [-0.2, 0) is 6.61 Å². The summed E-state index contributed by atoms with van der Waals surface area (Å²) in [4.78, 5) is 12.5. The summed E-state index contributed by atoms with van der Waals surface area (Å²) >= 11 is 12.1. The molecule has 0 aliphatic heterocycles. The van der Waals surface area contributed by atoms with E-state index < -0.39 is 0 Å². The van der Waals surface area contributed by atoms with Crippen LogP contribution in [0.25, 0.3) is 0 Å². The van der Waals surface area contributed by atoms with Crippen LogP contribution in [0, 0.1) is 0 Å². The van der Waals surface area contributed by atoms with Crippen LogP contribution in [0.1, 0.15) is 36.1 Å². The first-order valence-corrected chi connectivity index (χ1v) is 8.96. The number of amides is 1. The topological polar surface area (TPSA) is 81.9 Å². The quantitative estimate of drug-likeness (QED) is 0.657. The first-order chi connectivity index (χ1) is 13.0. The van der Waals surface area contributed by atoms with Crippen LogP contribution in [0.5, 0.6) is 5.75 Å². The number of aromatic nitrogens is 4. The third-order valence-electron chi connectivity index (χ3n) is 3.71. The molecule has 140 valence electrons. The molecule has 0 fully saturated rings. The lowest BCUT2D eigenvalue weighted by molar-refractivity contribution is 0.102. The van der Waals surface area contributed by atoms with Gasteiger partial charge < -0.3 is 10.1 Å². The van der Waals surface area contributed by atoms with E-state index in [4.69, 9.17) is 27.9 Å². The number of benzene rings is 2. The van der Waals surface area contributed by atoms with Crippen LogP contribution >= 0.6 is 23.2 Å². The van der Waals surface area contributed by atoms with Crippen molar-refractivity contribution in [3.63, 3.8) is 0 Å². The lowest BCUT2D eigenvalue weighted by Gasteiger charge is -2.11. The Morgan fingerprint density at radius 3 is 2.78 bits per heavy atom. The number of hydrogen-bond acceptors (Lipinski definition) is 5. The van der Waals surface area contributed by atoms with Crippen molar-refractivity contribution in [3.8, 4) is 5.75 Å². The summed E-state index contributed by atoms with van der Waals surface area (Å²) < 4.78 is 7.41. The van der Waals surface area contributed by atoms with E-state index in [0.717, 1.165) is 0 Å². The fourth-order valence-corrected chi connectivity index (χ4v) is 2.73. The molecule has 27 heavy (non-hydrogen) atoms. The first kappa shape index (κ1) is 19.1. The van der Waals surface area contributed by atoms with Crippen LogP contribution in [0.4, 0.5) is 5.69 Å². The Morgan fingerprint density at radius 2 is 2.00 bits per heavy atom. The number of carbonyl (C=O) groups excluding carboxylic acids is 1. The molecule has 0 aliphatic rings. The molecule has 0 radical (unpaired) electrons. The third kappa shape index (κ3) is 4.56. The SMILES string of the molecule is CC(C)n1nnnc1COc1cccc(C(=O)Nc2cccc(Cl)c2Cl)c1. The summed E-state index contributed by atoms with van der Waals surface area (Å²) in [6.45, 7) is 4.15. The molecule has 0 spiro atoms. The molecular formula is C18H17Cl2N5O2. The predicted molar refractivity (Wildman–Crippen MR) is 103 cm³/mol. The number of nitrogens with one attached hydrogen (secondary N) is 1. The Bertz CT molecular complexity index is 958. The van der Waals surface area contributed by atoms with Gasteiger partial charge in [-0.2, -0.15) is 0 Å². The highest BCUT2D eigenvalue weighted by molar-refractivity contribution is 6.44. The lowest BCUT2D eigenvalue weighted by atomic mass is 10.2. The molecule has 0 saturated heterocycles. The van der Waals surface area contributed by atoms with E-state index in [1.807, 2.05) is 13.8 Å². The lowest BCUT2D eigenvalue weighted by Crippen LogP contribution is -2.13. The Kier molecular flexibility index (Phi) is 5.93. The fourth-order valence-electron chi connectivity index (χ4n) is 2.38. The van der Waals surface area contributed by atoms with Crippen molar-refractivity contribution in [2.75, 3.05) is 5.32 Å². The van der Waals surface area contributed by atoms with Gasteiger partial charge in [0.05, 0.1) is 21.8 Å². The molecule has 0 saturated carbocycles. The molecule has 9 heteroatoms. The fraction of sp³-hybridized carbons (Fsp3) is 0.222. The van der Waals surface area contributed by atoms with E-state index in [1.54, 1.807) is 47.1 Å². The molecule has 0 bridgehead atoms. The molecule has 0 unspecified atom stereocenters. The van der Waals surface area contributed by atoms with E-state index in [-0.39, 0.29) is 18.6 Å². The van der Waals surface area contributed by atoms with Crippen LogP contribution < -0.4 is 10.1 Å². The Morgan fingerprint density at radius 1 is 1.22 bits per heavy atom. The second-order valence-electron chi connectivity index (χ2n) is 6.01. The highest BCUT2D eigenvalue weighted by Gasteiger charge is 2.13. The molecule has 3 rings (SSSR count). The largest absolute Gasteiger partial charge is 0.486 e. The number of hydrogen-bond donors (Lipinski definition) is 1. The van der Waals surface area contributed by atoms with Gasteiger partial charge in [0.15, 0.2) is 5.82 Å². The molecular weight excluding hydrogens is 389 g/mol. The van der Waals surface area contributed by atoms with E-state index in [1.165, 1.54) is 0 Å². The molecule has 1 N–H and O–H groups in total. The Labute approximate surface area is 166 Å². The average Bonchev–Trinajstić information content (AvgIpc) is 3.13. The van der Waals surface area contributed by atoms with Crippen molar-refractivity contribution >= 4 is 34.8 Å². The number of ether oxygens (including phenoxy) is 1. The summed E-state index contributed by atoms with van der Waals surface area (Å²) in [5.74, 6) is 0.806. The van der Waals surface area contributed by atoms with Gasteiger partial charge in [0.25, 0.3) is 5.91 Å². The van der Waals surface area contributed by atoms with E-state index in [2.05, 4.69) is 20.8 Å². The minimum atomic E-state index is -0.323. The molecule has 1 amide bonds. The maximum Gasteiger partial charge on any atom is 0.255 e. The highest BCUT2D eigenvalue weighted by atomic mass is 35.5. The second-order valence-corrected chi connectivity index (χ2v) is 6.79. The van der Waals surface area contributed by atoms with Crippen molar-refractivity contribution in [3.05, 3.63) is 63.9 Å². The number of carbonyl (C=O) groups is 1. The third-order valence-corrected chi connectivity index (χ3v) is 4.53. The maximum atomic E-state index is 12.5. The van der Waals surface area contributed by atoms with E-state index >= 15 is 0 Å². The molecule has 3 aromatic rings. The normalized spacial score (nSPS) is 10.9. The van der Waals surface area contributed by atoms with Gasteiger partial charge >= 0.3 is 0 Å². The van der Waals surface area contributed by atoms with Crippen molar-refractivity contribution < 1.29 is 9.53 Å². The molecule has 7 nitrogen and oxygen atoms in total. The highest BCUT2D eigenvalue weighted by Crippen LogP contribution is 2.30. The molecule has 1 heterocycles. The van der Waals surface area contributed by atoms with Crippen LogP contribution in [0.15, 0.2) is 42.5 Å². The van der Waals surface area contributed by atoms with E-state index in [9.17, 15) is 4.79 Å². The van der Waals surface area contributed by atoms with Gasteiger partial charge in [0, 0.05) is 5.56 Å². The van der Waals surface area contributed by atoms with E-state index in [0.29, 0.717) is 32.9 Å². The summed E-state index contributed by atoms with van der Waals surface area (Å²) in [5.41, 5.74) is 0.864. The standard InChI is InChI=1S/C18H17Cl2N5O2/c1-11(2)25-16(22-23-24-25)10-27-13-6-3-5-12(9-13)18(26)21-15-8-4-7-14(19)17(15)20/h3-9,11H,10H2,1-2H3,(H,21,26). The van der Waals surface area contributed by atoms with Crippen molar-refractivity contribution in [2.45, 2.75) is 26.5 Å². The minimum absolute atomic E-state index is 0.123. The summed E-state index contributed by atoms with van der Waals surface area (Å²) in [5, 5.41) is 14.9. The smallest absolute Gasteiger partial charge is 0.255 e. The summed E-state index contributed by atoms with van der Waals surface area (Å²) in [6, 6.07) is 12.0. The van der Waals surface area contributed by atoms with Gasteiger partial charge in [0.1, 0.15) is 12.4 Å². The zero-order valence-electron chi connectivity index (χ0n) is 14.7. The number of rotatable bonds is 6. The number of anilines is 1. The Hall–Kier alpha value is -2.64. The van der Waals surface area contributed by atoms with Gasteiger partial charge in [-0.05, 0) is 54.6 Å². The van der Waals surface area contributed by atoms with Gasteiger partial charge in [-0.1, -0.05) is 35.3 Å². The zero-order chi connectivity index (χ0) is 19.4. The van der Waals surface area contributed by atoms with Crippen molar-refractivity contribution in [2.24, 2.45) is 0 Å². The summed E-state index contributed by atoms with van der Waals surface area (Å²) in [7, 11) is 0. The first-order valence-electron chi connectivity index (χ1n) is 8.20. The maximum absolute atomic E-state index is 12.5. The average molecular weight is 406 g/mol. The van der Waals surface area contributed by atoms with Crippen molar-refractivity contribution in [1.29, 1.82) is 0 Å². The molecule has 1 aromatic heterocycles. The molecule has 0 atom stereocenters. The van der Waals surface area contributed by atoms with Crippen LogP contribution in [0.3, 0.4) is 0 Å². The van der Waals surface area contributed by atoms with Crippen LogP contribution in [-0.4, -0.2) is 26.1 Å². The van der Waals surface area contributed by atoms with Gasteiger partial charge in [-0.25, -0.2) is 4.68 Å². The Balaban J connectivity index is 1.70. The zero-order valence-corrected chi connectivity index (χ0v) is 16.2. The van der Waals surface area contributed by atoms with Crippen LogP contribution in [0.2, 0.25) is 10.0 Å². The second kappa shape index (κ2) is 8.37. The van der Waals surface area contributed by atoms with Gasteiger partial charge in [-0.15, -0.1) is 5.10 Å². The minimum Gasteiger partial charge on any atom is -0.486 e. The number of tetrazole rings is 1. The number of nitrogens with zero attached hydrogens (tertiary/aromatic N) is 4. The summed E-state index contributed by atoms with van der Waals surface area (Å²) in [6.07, 6.45) is 0. The van der Waals surface area contributed by atoms with Gasteiger partial charge in [0.2, 0.25) is 0 Å². The molecule has 2 aromatic carbocycles. The molecule has 0 aliphatic carbocycles. The number of halogens is 2. The van der Waals surface area contributed by atoms with Crippen molar-refractivity contribution in [1.82, 2.24) is 20.2 Å². The van der Waals surface area contributed by atoms with Gasteiger partial charge in [-0.3, -0.25) is 4.79 Å². The monoisotopic (exact) mass is 405 g/mol.